The van der Waals surface area contributed by atoms with E-state index in [1.807, 2.05) is 13.0 Å². The van der Waals surface area contributed by atoms with Crippen molar-refractivity contribution in [2.24, 2.45) is 0 Å². The molecule has 0 aliphatic heterocycles. The normalized spacial score (nSPS) is 10.3. The number of aromatic nitrogens is 2. The van der Waals surface area contributed by atoms with E-state index in [0.29, 0.717) is 28.2 Å². The summed E-state index contributed by atoms with van der Waals surface area (Å²) in [5, 5.41) is 11.1. The van der Waals surface area contributed by atoms with Crippen LogP contribution in [-0.2, 0) is 0 Å². The van der Waals surface area contributed by atoms with Crippen LogP contribution < -0.4 is 16.8 Å². The van der Waals surface area contributed by atoms with Crippen molar-refractivity contribution in [3.05, 3.63) is 77.1 Å². The van der Waals surface area contributed by atoms with Crippen LogP contribution in [0.25, 0.3) is 0 Å². The first kappa shape index (κ1) is 17.1. The maximum Gasteiger partial charge on any atom is 0.256 e. The fourth-order valence-electron chi connectivity index (χ4n) is 2.49. The molecule has 0 spiro atoms. The topological polar surface area (TPSA) is 131 Å². The van der Waals surface area contributed by atoms with Gasteiger partial charge >= 0.3 is 0 Å². The molecule has 0 atom stereocenters. The summed E-state index contributed by atoms with van der Waals surface area (Å²) in [6.45, 7) is 1.92. The van der Waals surface area contributed by atoms with E-state index < -0.39 is 0 Å². The molecule has 1 aromatic carbocycles. The van der Waals surface area contributed by atoms with E-state index in [4.69, 9.17) is 16.9 Å². The lowest BCUT2D eigenvalue weighted by molar-refractivity contribution is 0.102. The molecule has 0 aliphatic carbocycles. The highest BCUT2D eigenvalue weighted by Gasteiger charge is 2.14. The number of nitrogens with two attached hydrogens (primary N) is 2. The van der Waals surface area contributed by atoms with Crippen molar-refractivity contribution in [3.8, 4) is 0 Å². The molecule has 0 bridgehead atoms. The van der Waals surface area contributed by atoms with Crippen molar-refractivity contribution < 1.29 is 4.79 Å². The van der Waals surface area contributed by atoms with E-state index >= 15 is 0 Å². The average molecular weight is 346 g/mol. The molecule has 26 heavy (non-hydrogen) atoms. The Hall–Kier alpha value is -3.74. The smallest absolute Gasteiger partial charge is 0.256 e. The van der Waals surface area contributed by atoms with Crippen LogP contribution >= 0.6 is 0 Å². The maximum atomic E-state index is 12.3. The molecule has 7 heteroatoms. The van der Waals surface area contributed by atoms with Gasteiger partial charge in [0.15, 0.2) is 0 Å². The van der Waals surface area contributed by atoms with Gasteiger partial charge in [-0.25, -0.2) is 9.97 Å². The second kappa shape index (κ2) is 7.02. The van der Waals surface area contributed by atoms with Crippen LogP contribution in [0.3, 0.4) is 0 Å². The summed E-state index contributed by atoms with van der Waals surface area (Å²) in [6.07, 6.45) is 3.13. The summed E-state index contributed by atoms with van der Waals surface area (Å²) in [6, 6.07) is 11.9. The Labute approximate surface area is 150 Å². The largest absolute Gasteiger partial charge is 0.398 e. The van der Waals surface area contributed by atoms with Crippen LogP contribution in [0.2, 0.25) is 0 Å². The quantitative estimate of drug-likeness (QED) is 0.539. The number of pyridine rings is 2. The molecule has 7 nitrogen and oxygen atoms in total. The molecule has 0 radical (unpaired) electrons. The third kappa shape index (κ3) is 3.51. The number of amides is 1. The number of carbonyl (C=O) groups excluding carboxylic acids is 1. The second-order valence-electron chi connectivity index (χ2n) is 5.79. The van der Waals surface area contributed by atoms with E-state index in [2.05, 4.69) is 15.3 Å². The highest BCUT2D eigenvalue weighted by molar-refractivity contribution is 6.16. The molecular formula is C19H18N6O. The Bertz CT molecular complexity index is 961. The van der Waals surface area contributed by atoms with Gasteiger partial charge < -0.3 is 16.8 Å². The number of aryl methyl sites for hydroxylation is 1. The number of nitrogens with zero attached hydrogens (tertiary/aromatic N) is 2. The molecule has 2 aromatic heterocycles. The number of benzene rings is 1. The minimum Gasteiger partial charge on any atom is -0.398 e. The van der Waals surface area contributed by atoms with Crippen LogP contribution in [0.5, 0.6) is 0 Å². The molecule has 0 aliphatic rings. The van der Waals surface area contributed by atoms with Gasteiger partial charge in [0.25, 0.3) is 5.91 Å². The van der Waals surface area contributed by atoms with Crippen molar-refractivity contribution in [1.82, 2.24) is 9.97 Å². The van der Waals surface area contributed by atoms with Gasteiger partial charge in [-0.1, -0.05) is 12.1 Å². The first-order valence-corrected chi connectivity index (χ1v) is 7.89. The van der Waals surface area contributed by atoms with Crippen LogP contribution in [0.4, 0.5) is 17.3 Å². The summed E-state index contributed by atoms with van der Waals surface area (Å²) in [7, 11) is 0. The molecule has 0 saturated carbocycles. The summed E-state index contributed by atoms with van der Waals surface area (Å²) in [5.41, 5.74) is 14.7. The van der Waals surface area contributed by atoms with E-state index in [0.717, 1.165) is 5.56 Å². The van der Waals surface area contributed by atoms with Crippen molar-refractivity contribution in [2.75, 3.05) is 16.8 Å². The molecule has 0 saturated heterocycles. The minimum atomic E-state index is -0.276. The van der Waals surface area contributed by atoms with Crippen LogP contribution in [-0.4, -0.2) is 21.6 Å². The Balaban J connectivity index is 1.80. The number of carbonyl (C=O) groups is 1. The minimum absolute atomic E-state index is 0.153. The lowest BCUT2D eigenvalue weighted by atomic mass is 10.0. The number of nitrogens with one attached hydrogen (secondary N) is 2. The second-order valence-corrected chi connectivity index (χ2v) is 5.79. The molecule has 1 amide bonds. The number of hydrogen-bond donors (Lipinski definition) is 4. The highest BCUT2D eigenvalue weighted by atomic mass is 16.1. The zero-order valence-electron chi connectivity index (χ0n) is 14.2. The zero-order chi connectivity index (χ0) is 18.7. The molecule has 6 N–H and O–H groups in total. The molecule has 2 heterocycles. The third-order valence-corrected chi connectivity index (χ3v) is 3.86. The lowest BCUT2D eigenvalue weighted by Crippen LogP contribution is -2.14. The van der Waals surface area contributed by atoms with Crippen molar-refractivity contribution in [3.63, 3.8) is 0 Å². The molecule has 130 valence electrons. The molecule has 3 aromatic rings. The standard InChI is InChI=1S/C19H18N6O/c1-11-6-8-23-15(10-11)25-19(26)13-4-2-12(3-5-13)17(21)16-14(20)7-9-24-18(16)22/h2-10,21H,1H3,(H4,20,22,24)(H,23,25,26). The fourth-order valence-corrected chi connectivity index (χ4v) is 2.49. The summed E-state index contributed by atoms with van der Waals surface area (Å²) >= 11 is 0. The van der Waals surface area contributed by atoms with Gasteiger partial charge in [0.2, 0.25) is 0 Å². The van der Waals surface area contributed by atoms with E-state index in [1.165, 1.54) is 6.20 Å². The zero-order valence-corrected chi connectivity index (χ0v) is 14.2. The third-order valence-electron chi connectivity index (χ3n) is 3.86. The molecule has 0 fully saturated rings. The molecular weight excluding hydrogens is 328 g/mol. The maximum absolute atomic E-state index is 12.3. The first-order valence-electron chi connectivity index (χ1n) is 7.89. The van der Waals surface area contributed by atoms with Crippen LogP contribution in [0.15, 0.2) is 54.9 Å². The van der Waals surface area contributed by atoms with Gasteiger partial charge in [-0.3, -0.25) is 10.2 Å². The molecule has 3 rings (SSSR count). The number of hydrogen-bond acceptors (Lipinski definition) is 6. The lowest BCUT2D eigenvalue weighted by Gasteiger charge is -2.10. The Morgan fingerprint density at radius 2 is 1.65 bits per heavy atom. The van der Waals surface area contributed by atoms with E-state index in [9.17, 15) is 4.79 Å². The van der Waals surface area contributed by atoms with Gasteiger partial charge in [0.1, 0.15) is 11.6 Å². The van der Waals surface area contributed by atoms with Gasteiger partial charge in [-0.2, -0.15) is 0 Å². The predicted octanol–water partition coefficient (Wildman–Crippen LogP) is 2.62. The van der Waals surface area contributed by atoms with E-state index in [-0.39, 0.29) is 17.4 Å². The summed E-state index contributed by atoms with van der Waals surface area (Å²) in [5.74, 6) is 0.409. The first-order chi connectivity index (χ1) is 12.5. The molecule has 0 unspecified atom stereocenters. The SMILES string of the molecule is Cc1ccnc(NC(=O)c2ccc(C(=N)c3c(N)ccnc3N)cc2)c1. The van der Waals surface area contributed by atoms with Gasteiger partial charge in [-0.15, -0.1) is 0 Å². The van der Waals surface area contributed by atoms with Crippen molar-refractivity contribution in [1.29, 1.82) is 5.41 Å². The summed E-state index contributed by atoms with van der Waals surface area (Å²) in [4.78, 5) is 20.4. The number of rotatable bonds is 4. The van der Waals surface area contributed by atoms with Gasteiger partial charge in [-0.05, 0) is 42.8 Å². The van der Waals surface area contributed by atoms with Gasteiger partial charge in [0, 0.05) is 29.2 Å². The number of nitrogen functional groups attached to an aromatic ring is 2. The van der Waals surface area contributed by atoms with Crippen LogP contribution in [0, 0.1) is 12.3 Å². The van der Waals surface area contributed by atoms with Crippen molar-refractivity contribution >= 4 is 28.9 Å². The van der Waals surface area contributed by atoms with Gasteiger partial charge in [0.05, 0.1) is 11.3 Å². The Morgan fingerprint density at radius 3 is 2.31 bits per heavy atom. The Morgan fingerprint density at radius 1 is 1.00 bits per heavy atom. The van der Waals surface area contributed by atoms with E-state index in [1.54, 1.807) is 42.6 Å². The highest BCUT2D eigenvalue weighted by Crippen LogP contribution is 2.21. The number of anilines is 3. The monoisotopic (exact) mass is 346 g/mol. The van der Waals surface area contributed by atoms with Crippen molar-refractivity contribution in [2.45, 2.75) is 6.92 Å². The summed E-state index contributed by atoms with van der Waals surface area (Å²) < 4.78 is 0. The van der Waals surface area contributed by atoms with Crippen LogP contribution in [0.1, 0.15) is 27.0 Å². The average Bonchev–Trinajstić information content (AvgIpc) is 2.61. The Kier molecular flexibility index (Phi) is 4.62. The fraction of sp³-hybridized carbons (Fsp3) is 0.0526. The predicted molar refractivity (Wildman–Crippen MR) is 102 cm³/mol.